The first-order chi connectivity index (χ1) is 9.14. The minimum atomic E-state index is -3.00. The second-order valence-corrected chi connectivity index (χ2v) is 8.35. The van der Waals surface area contributed by atoms with Gasteiger partial charge in [-0.25, -0.2) is 8.42 Å². The highest BCUT2D eigenvalue weighted by Gasteiger charge is 2.34. The fraction of sp³-hybridized carbons (Fsp3) is 0.923. The maximum absolute atomic E-state index is 12.3. The molecule has 1 rings (SSSR count). The Bertz CT molecular complexity index is 428. The Morgan fingerprint density at radius 3 is 2.55 bits per heavy atom. The van der Waals surface area contributed by atoms with E-state index < -0.39 is 15.4 Å². The number of carbonyl (C=O) groups is 1. The minimum Gasteiger partial charge on any atom is -0.383 e. The molecule has 0 aromatic carbocycles. The molecule has 0 saturated carbocycles. The van der Waals surface area contributed by atoms with Crippen molar-refractivity contribution in [1.82, 2.24) is 4.90 Å². The maximum Gasteiger partial charge on any atom is 0.222 e. The van der Waals surface area contributed by atoms with E-state index in [1.807, 2.05) is 13.8 Å². The zero-order valence-electron chi connectivity index (χ0n) is 12.6. The van der Waals surface area contributed by atoms with Crippen LogP contribution in [0.15, 0.2) is 0 Å². The van der Waals surface area contributed by atoms with Crippen LogP contribution in [0.2, 0.25) is 0 Å². The van der Waals surface area contributed by atoms with Crippen LogP contribution in [0.5, 0.6) is 0 Å². The van der Waals surface area contributed by atoms with Crippen LogP contribution in [-0.4, -0.2) is 62.6 Å². The Labute approximate surface area is 121 Å². The normalized spacial score (nSPS) is 21.9. The van der Waals surface area contributed by atoms with E-state index in [4.69, 9.17) is 10.5 Å². The number of ether oxygens (including phenoxy) is 1. The predicted molar refractivity (Wildman–Crippen MR) is 78.1 cm³/mol. The third-order valence-electron chi connectivity index (χ3n) is 3.49. The number of sulfone groups is 1. The molecule has 1 amide bonds. The molecule has 1 aliphatic rings. The van der Waals surface area contributed by atoms with Crippen molar-refractivity contribution in [3.63, 3.8) is 0 Å². The van der Waals surface area contributed by atoms with Gasteiger partial charge in [0, 0.05) is 31.7 Å². The van der Waals surface area contributed by atoms with Gasteiger partial charge in [0.2, 0.25) is 5.91 Å². The van der Waals surface area contributed by atoms with Crippen LogP contribution >= 0.6 is 0 Å². The van der Waals surface area contributed by atoms with Gasteiger partial charge in [0.05, 0.1) is 18.1 Å². The predicted octanol–water partition coefficient (Wildman–Crippen LogP) is 0.166. The zero-order chi connectivity index (χ0) is 15.4. The van der Waals surface area contributed by atoms with Gasteiger partial charge in [0.15, 0.2) is 9.84 Å². The van der Waals surface area contributed by atoms with Crippen LogP contribution in [0.1, 0.15) is 33.1 Å². The fourth-order valence-electron chi connectivity index (χ4n) is 2.29. The summed E-state index contributed by atoms with van der Waals surface area (Å²) in [7, 11) is -1.44. The molecule has 0 bridgehead atoms. The van der Waals surface area contributed by atoms with Gasteiger partial charge in [-0.1, -0.05) is 0 Å². The molecule has 6 nitrogen and oxygen atoms in total. The highest BCUT2D eigenvalue weighted by atomic mass is 32.2. The van der Waals surface area contributed by atoms with Gasteiger partial charge in [0.25, 0.3) is 0 Å². The summed E-state index contributed by atoms with van der Waals surface area (Å²) >= 11 is 0. The minimum absolute atomic E-state index is 0.0392. The van der Waals surface area contributed by atoms with E-state index in [9.17, 15) is 13.2 Å². The van der Waals surface area contributed by atoms with Crippen LogP contribution in [0.3, 0.4) is 0 Å². The molecule has 0 radical (unpaired) electrons. The third kappa shape index (κ3) is 5.76. The second kappa shape index (κ2) is 6.87. The molecule has 0 spiro atoms. The first kappa shape index (κ1) is 17.4. The molecule has 7 heteroatoms. The lowest BCUT2D eigenvalue weighted by Gasteiger charge is -2.29. The van der Waals surface area contributed by atoms with E-state index in [1.165, 1.54) is 0 Å². The number of methoxy groups -OCH3 is 1. The fourth-order valence-corrected chi connectivity index (χ4v) is 4.03. The number of nitrogens with two attached hydrogens (primary N) is 1. The van der Waals surface area contributed by atoms with Crippen molar-refractivity contribution in [3.8, 4) is 0 Å². The molecule has 1 fully saturated rings. The maximum atomic E-state index is 12.3. The van der Waals surface area contributed by atoms with E-state index in [2.05, 4.69) is 0 Å². The lowest BCUT2D eigenvalue weighted by Crippen LogP contribution is -2.44. The van der Waals surface area contributed by atoms with Crippen LogP contribution in [0.4, 0.5) is 0 Å². The van der Waals surface area contributed by atoms with E-state index in [0.29, 0.717) is 32.4 Å². The standard InChI is InChI=1S/C13H26N2O4S/c1-13(2,14)6-4-12(16)15(7-8-19-3)11-5-9-20(17,18)10-11/h11H,4-10,14H2,1-3H3. The largest absolute Gasteiger partial charge is 0.383 e. The smallest absolute Gasteiger partial charge is 0.222 e. The summed E-state index contributed by atoms with van der Waals surface area (Å²) in [6.45, 7) is 4.59. The zero-order valence-corrected chi connectivity index (χ0v) is 13.4. The molecule has 1 heterocycles. The van der Waals surface area contributed by atoms with Gasteiger partial charge in [-0.2, -0.15) is 0 Å². The van der Waals surface area contributed by atoms with Crippen molar-refractivity contribution in [2.24, 2.45) is 5.73 Å². The average Bonchev–Trinajstić information content (AvgIpc) is 2.66. The monoisotopic (exact) mass is 306 g/mol. The highest BCUT2D eigenvalue weighted by molar-refractivity contribution is 7.91. The van der Waals surface area contributed by atoms with Crippen molar-refractivity contribution in [1.29, 1.82) is 0 Å². The van der Waals surface area contributed by atoms with Gasteiger partial charge in [-0.05, 0) is 26.7 Å². The number of amides is 1. The van der Waals surface area contributed by atoms with Gasteiger partial charge in [-0.3, -0.25) is 4.79 Å². The lowest BCUT2D eigenvalue weighted by molar-refractivity contribution is -0.134. The number of carbonyl (C=O) groups excluding carboxylic acids is 1. The summed E-state index contributed by atoms with van der Waals surface area (Å²) in [4.78, 5) is 14.0. The van der Waals surface area contributed by atoms with E-state index in [0.717, 1.165) is 0 Å². The average molecular weight is 306 g/mol. The molecule has 118 valence electrons. The van der Waals surface area contributed by atoms with E-state index in [-0.39, 0.29) is 23.5 Å². The van der Waals surface area contributed by atoms with Crippen molar-refractivity contribution >= 4 is 15.7 Å². The van der Waals surface area contributed by atoms with Crippen molar-refractivity contribution in [3.05, 3.63) is 0 Å². The van der Waals surface area contributed by atoms with Crippen LogP contribution < -0.4 is 5.73 Å². The number of nitrogens with zero attached hydrogens (tertiary/aromatic N) is 1. The van der Waals surface area contributed by atoms with Crippen molar-refractivity contribution < 1.29 is 17.9 Å². The summed E-state index contributed by atoms with van der Waals surface area (Å²) in [5.74, 6) is 0.188. The molecular formula is C13H26N2O4S. The Kier molecular flexibility index (Phi) is 5.97. The second-order valence-electron chi connectivity index (χ2n) is 6.13. The van der Waals surface area contributed by atoms with Gasteiger partial charge >= 0.3 is 0 Å². The van der Waals surface area contributed by atoms with Gasteiger partial charge < -0.3 is 15.4 Å². The SMILES string of the molecule is COCCN(C(=O)CCC(C)(C)N)C1CCS(=O)(=O)C1. The first-order valence-corrected chi connectivity index (χ1v) is 8.74. The molecule has 1 unspecified atom stereocenters. The van der Waals surface area contributed by atoms with Crippen LogP contribution in [-0.2, 0) is 19.4 Å². The van der Waals surface area contributed by atoms with Crippen molar-refractivity contribution in [2.75, 3.05) is 31.8 Å². The molecule has 1 aliphatic heterocycles. The van der Waals surface area contributed by atoms with Gasteiger partial charge in [-0.15, -0.1) is 0 Å². The Morgan fingerprint density at radius 1 is 1.45 bits per heavy atom. The number of rotatable bonds is 7. The highest BCUT2D eigenvalue weighted by Crippen LogP contribution is 2.19. The molecule has 0 aliphatic carbocycles. The molecular weight excluding hydrogens is 280 g/mol. The summed E-state index contributed by atoms with van der Waals surface area (Å²) in [5, 5.41) is 0. The number of hydrogen-bond acceptors (Lipinski definition) is 5. The lowest BCUT2D eigenvalue weighted by atomic mass is 9.99. The Morgan fingerprint density at radius 2 is 2.10 bits per heavy atom. The number of hydrogen-bond donors (Lipinski definition) is 1. The Hall–Kier alpha value is -0.660. The van der Waals surface area contributed by atoms with Crippen LogP contribution in [0, 0.1) is 0 Å². The van der Waals surface area contributed by atoms with Crippen LogP contribution in [0.25, 0.3) is 0 Å². The molecule has 0 aromatic rings. The molecule has 20 heavy (non-hydrogen) atoms. The topological polar surface area (TPSA) is 89.7 Å². The Balaban J connectivity index is 2.66. The summed E-state index contributed by atoms with van der Waals surface area (Å²) in [6, 6.07) is -0.219. The summed E-state index contributed by atoms with van der Waals surface area (Å²) in [5.41, 5.74) is 5.49. The quantitative estimate of drug-likeness (QED) is 0.724. The summed E-state index contributed by atoms with van der Waals surface area (Å²) in [6.07, 6.45) is 1.43. The molecule has 0 aromatic heterocycles. The molecule has 2 N–H and O–H groups in total. The molecule has 1 atom stereocenters. The van der Waals surface area contributed by atoms with Gasteiger partial charge in [0.1, 0.15) is 0 Å². The third-order valence-corrected chi connectivity index (χ3v) is 5.24. The summed E-state index contributed by atoms with van der Waals surface area (Å²) < 4.78 is 28.2. The first-order valence-electron chi connectivity index (χ1n) is 6.92. The van der Waals surface area contributed by atoms with E-state index in [1.54, 1.807) is 12.0 Å². The molecule has 1 saturated heterocycles. The van der Waals surface area contributed by atoms with Crippen molar-refractivity contribution in [2.45, 2.75) is 44.7 Å². The van der Waals surface area contributed by atoms with E-state index >= 15 is 0 Å².